The maximum absolute atomic E-state index is 11.5. The van der Waals surface area contributed by atoms with Gasteiger partial charge >= 0.3 is 0 Å². The Balaban J connectivity index is 0. The number of phosphoric ester groups is 1. The number of unbranched alkanes of at least 4 members (excludes halogenated alkanes) is 19. The number of rotatable bonds is 31. The Bertz CT molecular complexity index is 491. The summed E-state index contributed by atoms with van der Waals surface area (Å²) in [5, 5.41) is 0. The van der Waals surface area contributed by atoms with Crippen molar-refractivity contribution in [3.63, 3.8) is 0 Å². The van der Waals surface area contributed by atoms with Crippen LogP contribution in [-0.4, -0.2) is 38.4 Å². The Morgan fingerprint density at radius 1 is 0.439 bits per heavy atom. The molecule has 0 aliphatic carbocycles. The maximum atomic E-state index is 11.5. The van der Waals surface area contributed by atoms with E-state index in [1.54, 1.807) is 18.5 Å². The lowest BCUT2D eigenvalue weighted by atomic mass is 10.1. The van der Waals surface area contributed by atoms with Crippen molar-refractivity contribution in [1.29, 1.82) is 0 Å². The smallest absolute Gasteiger partial charge is 0.267 e. The van der Waals surface area contributed by atoms with Crippen LogP contribution in [0.5, 0.6) is 0 Å². The molecule has 0 saturated carbocycles. The second kappa shape index (κ2) is 33.4. The molecule has 0 aromatic carbocycles. The predicted octanol–water partition coefficient (Wildman–Crippen LogP) is 12.6. The van der Waals surface area contributed by atoms with Crippen molar-refractivity contribution >= 4 is 15.1 Å². The quantitative estimate of drug-likeness (QED) is 0.0570. The Morgan fingerprint density at radius 2 is 0.683 bits per heavy atom. The van der Waals surface area contributed by atoms with Crippen molar-refractivity contribution in [1.82, 2.24) is 0 Å². The van der Waals surface area contributed by atoms with Crippen molar-refractivity contribution in [2.45, 2.75) is 189 Å². The van der Waals surface area contributed by atoms with Crippen LogP contribution in [0, 0.1) is 0 Å². The molecule has 250 valence electrons. The van der Waals surface area contributed by atoms with Gasteiger partial charge in [-0.15, -0.1) is 0 Å². The first-order valence-electron chi connectivity index (χ1n) is 18.2. The van der Waals surface area contributed by atoms with Crippen molar-refractivity contribution in [3.05, 3.63) is 0 Å². The minimum Gasteiger partial charge on any atom is -0.756 e. The highest BCUT2D eigenvalue weighted by Gasteiger charge is 2.29. The Kier molecular flexibility index (Phi) is 35.6. The fraction of sp³-hybridized carbons (Fsp3) is 1.00. The summed E-state index contributed by atoms with van der Waals surface area (Å²) in [6.45, 7) is 14.5. The second-order valence-corrected chi connectivity index (χ2v) is 18.6. The number of hydrogen-bond acceptors (Lipinski definition) is 4. The third-order valence-electron chi connectivity index (χ3n) is 8.15. The molecule has 0 saturated heterocycles. The maximum Gasteiger partial charge on any atom is 0.267 e. The first-order valence-corrected chi connectivity index (χ1v) is 22.5. The zero-order chi connectivity index (χ0) is 30.9. The van der Waals surface area contributed by atoms with Gasteiger partial charge in [0.15, 0.2) is 0 Å². The zero-order valence-corrected chi connectivity index (χ0v) is 30.8. The van der Waals surface area contributed by atoms with Gasteiger partial charge in [0.2, 0.25) is 0 Å². The van der Waals surface area contributed by atoms with E-state index in [-0.39, 0.29) is 13.2 Å². The summed E-state index contributed by atoms with van der Waals surface area (Å²) >= 11 is 0. The molecule has 0 heterocycles. The van der Waals surface area contributed by atoms with Gasteiger partial charge in [-0.1, -0.05) is 137 Å². The van der Waals surface area contributed by atoms with Gasteiger partial charge in [0, 0.05) is 13.9 Å². The van der Waals surface area contributed by atoms with E-state index in [1.165, 1.54) is 116 Å². The standard InChI is InChI=1S/C19H42P.C16H35O4P/c1-5-8-11-14-17-20(4,18-15-12-9-6-2)19-16-13-10-7-3;1-3-5-7-9-11-13-15-19-21(17,18)20-16-14-12-10-8-6-4-2/h5-19H2,1-4H3;3-16H2,1-2H3,(H,17,18)/q+1;/p-1. The van der Waals surface area contributed by atoms with Gasteiger partial charge in [0.25, 0.3) is 7.82 Å². The molecule has 0 aromatic heterocycles. The molecule has 41 heavy (non-hydrogen) atoms. The zero-order valence-electron chi connectivity index (χ0n) is 29.0. The highest BCUT2D eigenvalue weighted by molar-refractivity contribution is 7.75. The molecular formula is C35H76O4P2. The lowest BCUT2D eigenvalue weighted by Crippen LogP contribution is -2.10. The van der Waals surface area contributed by atoms with Gasteiger partial charge in [-0.2, -0.15) is 0 Å². The lowest BCUT2D eigenvalue weighted by Gasteiger charge is -2.23. The van der Waals surface area contributed by atoms with E-state index in [1.807, 2.05) is 0 Å². The molecule has 0 unspecified atom stereocenters. The van der Waals surface area contributed by atoms with Gasteiger partial charge in [-0.05, 0) is 51.4 Å². The van der Waals surface area contributed by atoms with E-state index in [9.17, 15) is 9.46 Å². The largest absolute Gasteiger partial charge is 0.756 e. The molecule has 0 atom stereocenters. The van der Waals surface area contributed by atoms with Crippen LogP contribution >= 0.6 is 15.1 Å². The molecule has 0 amide bonds. The minimum absolute atomic E-state index is 0.253. The summed E-state index contributed by atoms with van der Waals surface area (Å²) in [4.78, 5) is 11.5. The molecule has 0 aliphatic heterocycles. The molecule has 0 spiro atoms. The van der Waals surface area contributed by atoms with Crippen molar-refractivity contribution < 1.29 is 18.5 Å². The first-order chi connectivity index (χ1) is 19.8. The predicted molar refractivity (Wildman–Crippen MR) is 186 cm³/mol. The van der Waals surface area contributed by atoms with Crippen LogP contribution in [0.4, 0.5) is 0 Å². The van der Waals surface area contributed by atoms with Crippen LogP contribution in [0.15, 0.2) is 0 Å². The van der Waals surface area contributed by atoms with Gasteiger partial charge < -0.3 is 13.9 Å². The van der Waals surface area contributed by atoms with Crippen molar-refractivity contribution in [2.24, 2.45) is 0 Å². The van der Waals surface area contributed by atoms with Gasteiger partial charge in [0.1, 0.15) is 0 Å². The fourth-order valence-corrected chi connectivity index (χ4v) is 9.66. The van der Waals surface area contributed by atoms with Crippen LogP contribution in [0.2, 0.25) is 0 Å². The van der Waals surface area contributed by atoms with E-state index < -0.39 is 15.1 Å². The average molecular weight is 623 g/mol. The summed E-state index contributed by atoms with van der Waals surface area (Å²) in [6.07, 6.45) is 35.6. The Morgan fingerprint density at radius 3 is 0.976 bits per heavy atom. The minimum atomic E-state index is -4.07. The topological polar surface area (TPSA) is 58.6 Å². The summed E-state index contributed by atoms with van der Waals surface area (Å²) in [6, 6.07) is 0. The SMILES string of the molecule is CCCCCCCCOP(=O)([O-])OCCCCCCCC.CCCCCC[P+](C)(CCCCCC)CCCCCC. The Hall–Kier alpha value is 0.540. The highest BCUT2D eigenvalue weighted by Crippen LogP contribution is 2.57. The molecule has 0 rings (SSSR count). The van der Waals surface area contributed by atoms with Crippen LogP contribution < -0.4 is 4.89 Å². The number of hydrogen-bond donors (Lipinski definition) is 0. The third kappa shape index (κ3) is 34.9. The van der Waals surface area contributed by atoms with Gasteiger partial charge in [-0.3, -0.25) is 4.57 Å². The van der Waals surface area contributed by atoms with Crippen molar-refractivity contribution in [2.75, 3.05) is 38.4 Å². The van der Waals surface area contributed by atoms with Crippen LogP contribution in [0.1, 0.15) is 189 Å². The molecule has 0 bridgehead atoms. The van der Waals surface area contributed by atoms with E-state index in [0.29, 0.717) is 0 Å². The van der Waals surface area contributed by atoms with Crippen molar-refractivity contribution in [3.8, 4) is 0 Å². The van der Waals surface area contributed by atoms with Crippen LogP contribution in [0.3, 0.4) is 0 Å². The highest BCUT2D eigenvalue weighted by atomic mass is 31.2. The normalized spacial score (nSPS) is 12.0. The van der Waals surface area contributed by atoms with E-state index >= 15 is 0 Å². The molecule has 0 aliphatic rings. The first kappa shape index (κ1) is 43.7. The van der Waals surface area contributed by atoms with Crippen LogP contribution in [-0.2, 0) is 13.6 Å². The summed E-state index contributed by atoms with van der Waals surface area (Å²) in [7, 11) is -4.66. The summed E-state index contributed by atoms with van der Waals surface area (Å²) < 4.78 is 21.2. The monoisotopic (exact) mass is 623 g/mol. The molecule has 0 fully saturated rings. The molecule has 6 heteroatoms. The fourth-order valence-electron chi connectivity index (χ4n) is 5.25. The average Bonchev–Trinajstić information content (AvgIpc) is 2.95. The van der Waals surface area contributed by atoms with Crippen LogP contribution in [0.25, 0.3) is 0 Å². The number of phosphoric acid groups is 1. The van der Waals surface area contributed by atoms with E-state index in [0.717, 1.165) is 38.5 Å². The molecule has 0 aromatic rings. The lowest BCUT2D eigenvalue weighted by molar-refractivity contribution is -0.225. The molecule has 4 nitrogen and oxygen atoms in total. The summed E-state index contributed by atoms with van der Waals surface area (Å²) in [5.41, 5.74) is 0. The second-order valence-electron chi connectivity index (χ2n) is 12.6. The van der Waals surface area contributed by atoms with E-state index in [4.69, 9.17) is 9.05 Å². The van der Waals surface area contributed by atoms with Gasteiger partial charge in [-0.25, -0.2) is 0 Å². The molecular weight excluding hydrogens is 546 g/mol. The summed E-state index contributed by atoms with van der Waals surface area (Å²) in [5.74, 6) is 0. The molecule has 0 radical (unpaired) electrons. The third-order valence-corrected chi connectivity index (χ3v) is 13.3. The van der Waals surface area contributed by atoms with E-state index in [2.05, 4.69) is 41.3 Å². The van der Waals surface area contributed by atoms with Gasteiger partial charge in [0.05, 0.1) is 31.7 Å². The Labute approximate surface area is 260 Å². The molecule has 0 N–H and O–H groups in total.